The Morgan fingerprint density at radius 3 is 2.49 bits per heavy atom. The van der Waals surface area contributed by atoms with Crippen molar-refractivity contribution in [2.45, 2.75) is 36.5 Å². The molecule has 0 aliphatic heterocycles. The number of benzene rings is 2. The molecule has 2 atom stereocenters. The highest BCUT2D eigenvalue weighted by Crippen LogP contribution is 2.33. The first-order valence-corrected chi connectivity index (χ1v) is 12.9. The maximum Gasteiger partial charge on any atom is 0.475 e. The van der Waals surface area contributed by atoms with Crippen LogP contribution in [0.3, 0.4) is 0 Å². The Morgan fingerprint density at radius 2 is 1.89 bits per heavy atom. The van der Waals surface area contributed by atoms with Gasteiger partial charge < -0.3 is 20.3 Å². The van der Waals surface area contributed by atoms with Crippen LogP contribution in [-0.4, -0.2) is 53.6 Å². The fourth-order valence-electron chi connectivity index (χ4n) is 3.77. The van der Waals surface area contributed by atoms with E-state index in [-0.39, 0.29) is 11.3 Å². The van der Waals surface area contributed by atoms with Gasteiger partial charge in [0.1, 0.15) is 0 Å². The molecule has 0 saturated heterocycles. The molecule has 2 aromatic carbocycles. The molecule has 182 valence electrons. The Hall–Kier alpha value is -3.28. The highest BCUT2D eigenvalue weighted by atomic mass is 32.2. The average Bonchev–Trinajstić information content (AvgIpc) is 3.50. The summed E-state index contributed by atoms with van der Waals surface area (Å²) in [6.45, 7) is 0. The standard InChI is InChI=1S/C24H27BN4O5S/c30-24(29-23(25(31)32)13-18-6-7-18)20(12-17-4-2-1-3-5-17)14-28-35(33,34)21-10-8-19(9-11-21)22-15-26-16-27-22/h1-5,8-11,14-16,18,20,23,31-32H,6-7,12-13H2,(H,26,27)(H,29,30)/b28-14+/t20?,23-/m0/s1. The van der Waals surface area contributed by atoms with E-state index >= 15 is 0 Å². The first-order valence-electron chi connectivity index (χ1n) is 11.4. The number of aromatic amines is 1. The van der Waals surface area contributed by atoms with Gasteiger partial charge in [0, 0.05) is 6.21 Å². The van der Waals surface area contributed by atoms with Crippen molar-refractivity contribution >= 4 is 29.3 Å². The first kappa shape index (κ1) is 24.8. The Labute approximate surface area is 204 Å². The number of hydrogen-bond donors (Lipinski definition) is 4. The predicted octanol–water partition coefficient (Wildman–Crippen LogP) is 1.99. The summed E-state index contributed by atoms with van der Waals surface area (Å²) in [5, 5.41) is 22.1. The zero-order valence-corrected chi connectivity index (χ0v) is 19.8. The highest BCUT2D eigenvalue weighted by Gasteiger charge is 2.34. The zero-order valence-electron chi connectivity index (χ0n) is 19.0. The van der Waals surface area contributed by atoms with Gasteiger partial charge in [-0.3, -0.25) is 4.79 Å². The van der Waals surface area contributed by atoms with Crippen LogP contribution in [0.4, 0.5) is 0 Å². The smallest absolute Gasteiger partial charge is 0.426 e. The molecule has 0 radical (unpaired) electrons. The molecule has 1 aliphatic carbocycles. The second-order valence-corrected chi connectivity index (χ2v) is 10.4. The molecule has 1 amide bonds. The SMILES string of the molecule is O=C(N[C@@H](CC1CC1)B(O)O)C(/C=N/S(=O)(=O)c1ccc(-c2cnc[nH]2)cc1)Cc1ccccc1. The number of aromatic nitrogens is 2. The lowest BCUT2D eigenvalue weighted by atomic mass is 9.76. The van der Waals surface area contributed by atoms with Gasteiger partial charge in [-0.2, -0.15) is 12.8 Å². The van der Waals surface area contributed by atoms with E-state index in [1.165, 1.54) is 18.5 Å². The van der Waals surface area contributed by atoms with Gasteiger partial charge in [0.15, 0.2) is 0 Å². The summed E-state index contributed by atoms with van der Waals surface area (Å²) in [4.78, 5) is 20.0. The molecule has 0 bridgehead atoms. The van der Waals surface area contributed by atoms with E-state index in [9.17, 15) is 23.3 Å². The molecule has 11 heteroatoms. The number of nitrogens with zero attached hydrogens (tertiary/aromatic N) is 2. The first-order chi connectivity index (χ1) is 16.8. The minimum absolute atomic E-state index is 0.00623. The van der Waals surface area contributed by atoms with E-state index in [0.29, 0.717) is 12.3 Å². The highest BCUT2D eigenvalue weighted by molar-refractivity contribution is 7.90. The summed E-state index contributed by atoms with van der Waals surface area (Å²) in [5.41, 5.74) is 2.35. The lowest BCUT2D eigenvalue weighted by molar-refractivity contribution is -0.123. The topological polar surface area (TPSA) is 145 Å². The van der Waals surface area contributed by atoms with Crippen LogP contribution in [0.1, 0.15) is 24.8 Å². The Balaban J connectivity index is 1.52. The number of carbonyl (C=O) groups is 1. The van der Waals surface area contributed by atoms with Gasteiger partial charge in [0.2, 0.25) is 5.91 Å². The van der Waals surface area contributed by atoms with Gasteiger partial charge in [0.25, 0.3) is 10.0 Å². The van der Waals surface area contributed by atoms with Crippen LogP contribution >= 0.6 is 0 Å². The number of carbonyl (C=O) groups excluding carboxylic acids is 1. The molecule has 1 heterocycles. The van der Waals surface area contributed by atoms with Gasteiger partial charge in [-0.1, -0.05) is 55.3 Å². The van der Waals surface area contributed by atoms with Crippen LogP contribution in [0.5, 0.6) is 0 Å². The van der Waals surface area contributed by atoms with Gasteiger partial charge >= 0.3 is 7.12 Å². The van der Waals surface area contributed by atoms with Gasteiger partial charge in [0.05, 0.1) is 35.0 Å². The number of imidazole rings is 1. The zero-order chi connectivity index (χ0) is 24.8. The van der Waals surface area contributed by atoms with Crippen LogP contribution in [0.15, 0.2) is 76.4 Å². The predicted molar refractivity (Wildman–Crippen MR) is 133 cm³/mol. The van der Waals surface area contributed by atoms with Crippen molar-refractivity contribution in [3.63, 3.8) is 0 Å². The number of rotatable bonds is 11. The number of H-pyrrole nitrogens is 1. The quantitative estimate of drug-likeness (QED) is 0.237. The van der Waals surface area contributed by atoms with Crippen molar-refractivity contribution in [2.24, 2.45) is 16.2 Å². The summed E-state index contributed by atoms with van der Waals surface area (Å²) in [6.07, 6.45) is 6.94. The van der Waals surface area contributed by atoms with Crippen molar-refractivity contribution in [3.05, 3.63) is 72.7 Å². The molecule has 9 nitrogen and oxygen atoms in total. The second kappa shape index (κ2) is 11.0. The van der Waals surface area contributed by atoms with Crippen molar-refractivity contribution in [1.82, 2.24) is 15.3 Å². The van der Waals surface area contributed by atoms with Gasteiger partial charge in [-0.15, -0.1) is 0 Å². The summed E-state index contributed by atoms with van der Waals surface area (Å²) in [5.74, 6) is -1.90. The maximum atomic E-state index is 13.1. The summed E-state index contributed by atoms with van der Waals surface area (Å²) >= 11 is 0. The van der Waals surface area contributed by atoms with Crippen molar-refractivity contribution < 1.29 is 23.3 Å². The largest absolute Gasteiger partial charge is 0.475 e. The average molecular weight is 494 g/mol. The minimum Gasteiger partial charge on any atom is -0.426 e. The Kier molecular flexibility index (Phi) is 7.79. The summed E-state index contributed by atoms with van der Waals surface area (Å²) in [7, 11) is -5.76. The van der Waals surface area contributed by atoms with E-state index in [1.807, 2.05) is 30.3 Å². The summed E-state index contributed by atoms with van der Waals surface area (Å²) < 4.78 is 29.5. The third-order valence-corrected chi connectivity index (χ3v) is 7.22. The van der Waals surface area contributed by atoms with Crippen molar-refractivity contribution in [3.8, 4) is 11.3 Å². The van der Waals surface area contributed by atoms with Crippen molar-refractivity contribution in [2.75, 3.05) is 0 Å². The molecule has 4 rings (SSSR count). The van der Waals surface area contributed by atoms with Gasteiger partial charge in [-0.05, 0) is 42.0 Å². The van der Waals surface area contributed by atoms with Crippen LogP contribution in [0.2, 0.25) is 0 Å². The number of hydrogen-bond acceptors (Lipinski definition) is 6. The molecule has 1 fully saturated rings. The molecular weight excluding hydrogens is 467 g/mol. The lowest BCUT2D eigenvalue weighted by Crippen LogP contribution is -2.49. The van der Waals surface area contributed by atoms with E-state index in [1.54, 1.807) is 18.3 Å². The molecule has 1 aromatic heterocycles. The monoisotopic (exact) mass is 494 g/mol. The minimum atomic E-state index is -4.06. The Bertz CT molecular complexity index is 1240. The van der Waals surface area contributed by atoms with E-state index in [0.717, 1.165) is 35.9 Å². The summed E-state index contributed by atoms with van der Waals surface area (Å²) in [6, 6.07) is 15.4. The number of nitrogens with one attached hydrogen (secondary N) is 2. The fourth-order valence-corrected chi connectivity index (χ4v) is 4.68. The molecular formula is C24H27BN4O5S. The number of sulfonamides is 1. The van der Waals surface area contributed by atoms with Crippen LogP contribution in [0, 0.1) is 11.8 Å². The molecule has 1 unspecified atom stereocenters. The van der Waals surface area contributed by atoms with Crippen molar-refractivity contribution in [1.29, 1.82) is 0 Å². The molecule has 4 N–H and O–H groups in total. The molecule has 1 aliphatic rings. The molecule has 3 aromatic rings. The lowest BCUT2D eigenvalue weighted by Gasteiger charge is -2.20. The maximum absolute atomic E-state index is 13.1. The normalized spacial score (nSPS) is 15.6. The Morgan fingerprint density at radius 1 is 1.17 bits per heavy atom. The molecule has 35 heavy (non-hydrogen) atoms. The number of amides is 1. The van der Waals surface area contributed by atoms with Crippen LogP contribution in [0.25, 0.3) is 11.3 Å². The third kappa shape index (κ3) is 6.88. The van der Waals surface area contributed by atoms with Gasteiger partial charge in [-0.25, -0.2) is 4.98 Å². The molecule has 0 spiro atoms. The second-order valence-electron chi connectivity index (χ2n) is 8.72. The fraction of sp³-hybridized carbons (Fsp3) is 0.292. The van der Waals surface area contributed by atoms with E-state index in [2.05, 4.69) is 19.7 Å². The van der Waals surface area contributed by atoms with Crippen LogP contribution < -0.4 is 5.32 Å². The third-order valence-electron chi connectivity index (χ3n) is 5.95. The van der Waals surface area contributed by atoms with E-state index < -0.39 is 34.9 Å². The molecule has 1 saturated carbocycles. The van der Waals surface area contributed by atoms with Crippen LogP contribution in [-0.2, 0) is 21.2 Å². The van der Waals surface area contributed by atoms with E-state index in [4.69, 9.17) is 0 Å².